The monoisotopic (exact) mass is 391 g/mol. The first-order chi connectivity index (χ1) is 13.1. The molecule has 1 nitrogen and oxygen atoms in total. The summed E-state index contributed by atoms with van der Waals surface area (Å²) >= 11 is 0. The molecule has 146 valence electrons. The fourth-order valence-corrected chi connectivity index (χ4v) is 2.96. The van der Waals surface area contributed by atoms with E-state index in [-0.39, 0.29) is 5.56 Å². The zero-order valence-electron chi connectivity index (χ0n) is 15.3. The molecule has 0 saturated heterocycles. The SMILES string of the molecule is CCC(C)(N)c1ccc(-c2cc(F)c(-c3cc(F)c(F)c(F)c3)c(F)c2)cc1. The minimum atomic E-state index is -1.69. The molecular weight excluding hydrogens is 373 g/mol. The molecule has 3 rings (SSSR count). The van der Waals surface area contributed by atoms with E-state index < -0.39 is 45.8 Å². The van der Waals surface area contributed by atoms with Crippen LogP contribution in [0.25, 0.3) is 22.3 Å². The maximum atomic E-state index is 14.6. The van der Waals surface area contributed by atoms with Gasteiger partial charge in [-0.15, -0.1) is 0 Å². The first kappa shape index (κ1) is 20.0. The number of rotatable bonds is 4. The number of benzene rings is 3. The van der Waals surface area contributed by atoms with Crippen molar-refractivity contribution in [1.82, 2.24) is 0 Å². The Bertz CT molecular complexity index is 980. The van der Waals surface area contributed by atoms with Gasteiger partial charge in [-0.2, -0.15) is 0 Å². The van der Waals surface area contributed by atoms with Gasteiger partial charge in [-0.3, -0.25) is 0 Å². The lowest BCUT2D eigenvalue weighted by Crippen LogP contribution is -2.31. The summed E-state index contributed by atoms with van der Waals surface area (Å²) in [6, 6.07) is 10.2. The first-order valence-electron chi connectivity index (χ1n) is 8.68. The second-order valence-corrected chi connectivity index (χ2v) is 6.92. The van der Waals surface area contributed by atoms with Gasteiger partial charge >= 0.3 is 0 Å². The van der Waals surface area contributed by atoms with Crippen LogP contribution in [0.5, 0.6) is 0 Å². The Hall–Kier alpha value is -2.73. The van der Waals surface area contributed by atoms with Gasteiger partial charge in [0.2, 0.25) is 0 Å². The molecule has 3 aromatic carbocycles. The van der Waals surface area contributed by atoms with Crippen molar-refractivity contribution in [2.24, 2.45) is 5.73 Å². The van der Waals surface area contributed by atoms with Gasteiger partial charge in [0.1, 0.15) is 11.6 Å². The van der Waals surface area contributed by atoms with E-state index in [1.807, 2.05) is 13.8 Å². The summed E-state index contributed by atoms with van der Waals surface area (Å²) in [6.45, 7) is 3.84. The standard InChI is InChI=1S/C22H18F5N/c1-3-22(2,28)15-6-4-12(5-7-15)13-8-16(23)20(17(24)9-13)14-10-18(25)21(27)19(26)11-14/h4-11H,3,28H2,1-2H3. The van der Waals surface area contributed by atoms with Crippen LogP contribution in [0.1, 0.15) is 25.8 Å². The van der Waals surface area contributed by atoms with Crippen LogP contribution < -0.4 is 5.73 Å². The third kappa shape index (κ3) is 3.64. The quantitative estimate of drug-likeness (QED) is 0.410. The van der Waals surface area contributed by atoms with Gasteiger partial charge in [0.25, 0.3) is 0 Å². The molecule has 3 aromatic rings. The van der Waals surface area contributed by atoms with E-state index in [0.29, 0.717) is 17.7 Å². The second kappa shape index (κ2) is 7.36. The lowest BCUT2D eigenvalue weighted by atomic mass is 9.89. The topological polar surface area (TPSA) is 26.0 Å². The van der Waals surface area contributed by atoms with Crippen molar-refractivity contribution in [2.75, 3.05) is 0 Å². The molecule has 0 amide bonds. The predicted octanol–water partition coefficient (Wildman–Crippen LogP) is 6.30. The molecular formula is C22H18F5N. The lowest BCUT2D eigenvalue weighted by Gasteiger charge is -2.23. The first-order valence-corrected chi connectivity index (χ1v) is 8.68. The summed E-state index contributed by atoms with van der Waals surface area (Å²) < 4.78 is 69.1. The predicted molar refractivity (Wildman–Crippen MR) is 98.9 cm³/mol. The molecule has 0 aliphatic rings. The largest absolute Gasteiger partial charge is 0.322 e. The molecule has 28 heavy (non-hydrogen) atoms. The van der Waals surface area contributed by atoms with E-state index in [9.17, 15) is 22.0 Å². The number of hydrogen-bond acceptors (Lipinski definition) is 1. The number of halogens is 5. The highest BCUT2D eigenvalue weighted by atomic mass is 19.2. The van der Waals surface area contributed by atoms with Gasteiger partial charge in [0.05, 0.1) is 5.56 Å². The Kier molecular flexibility index (Phi) is 5.26. The fourth-order valence-electron chi connectivity index (χ4n) is 2.96. The minimum Gasteiger partial charge on any atom is -0.322 e. The van der Waals surface area contributed by atoms with Crippen LogP contribution in [0, 0.1) is 29.1 Å². The van der Waals surface area contributed by atoms with Crippen molar-refractivity contribution in [1.29, 1.82) is 0 Å². The van der Waals surface area contributed by atoms with E-state index in [1.165, 1.54) is 0 Å². The zero-order valence-corrected chi connectivity index (χ0v) is 15.3. The van der Waals surface area contributed by atoms with Gasteiger partial charge in [-0.1, -0.05) is 31.2 Å². The molecule has 0 aromatic heterocycles. The Morgan fingerprint density at radius 2 is 1.18 bits per heavy atom. The number of nitrogens with two attached hydrogens (primary N) is 1. The highest BCUT2D eigenvalue weighted by Gasteiger charge is 2.20. The maximum Gasteiger partial charge on any atom is 0.194 e. The van der Waals surface area contributed by atoms with Gasteiger partial charge < -0.3 is 5.73 Å². The van der Waals surface area contributed by atoms with Crippen LogP contribution >= 0.6 is 0 Å². The third-order valence-corrected chi connectivity index (χ3v) is 4.93. The molecule has 0 heterocycles. The molecule has 0 radical (unpaired) electrons. The smallest absolute Gasteiger partial charge is 0.194 e. The molecule has 0 fully saturated rings. The highest BCUT2D eigenvalue weighted by Crippen LogP contribution is 2.33. The maximum absolute atomic E-state index is 14.6. The van der Waals surface area contributed by atoms with Crippen molar-refractivity contribution in [3.05, 3.63) is 83.2 Å². The van der Waals surface area contributed by atoms with Crippen molar-refractivity contribution in [3.63, 3.8) is 0 Å². The fraction of sp³-hybridized carbons (Fsp3) is 0.182. The molecule has 0 aliphatic heterocycles. The summed E-state index contributed by atoms with van der Waals surface area (Å²) in [4.78, 5) is 0. The number of hydrogen-bond donors (Lipinski definition) is 1. The summed E-state index contributed by atoms with van der Waals surface area (Å²) in [6.07, 6.45) is 0.717. The molecule has 2 N–H and O–H groups in total. The van der Waals surface area contributed by atoms with Crippen LogP contribution in [0.2, 0.25) is 0 Å². The van der Waals surface area contributed by atoms with E-state index in [0.717, 1.165) is 24.1 Å². The van der Waals surface area contributed by atoms with Crippen molar-refractivity contribution < 1.29 is 22.0 Å². The Morgan fingerprint density at radius 3 is 1.64 bits per heavy atom. The average Bonchev–Trinajstić information content (AvgIpc) is 2.65. The molecule has 1 atom stereocenters. The van der Waals surface area contributed by atoms with Crippen molar-refractivity contribution >= 4 is 0 Å². The molecule has 6 heteroatoms. The summed E-state index contributed by atoms with van der Waals surface area (Å²) in [5, 5.41) is 0. The van der Waals surface area contributed by atoms with Crippen molar-refractivity contribution in [2.45, 2.75) is 25.8 Å². The molecule has 0 bridgehead atoms. The van der Waals surface area contributed by atoms with Crippen LogP contribution in [0.3, 0.4) is 0 Å². The van der Waals surface area contributed by atoms with Gasteiger partial charge in [-0.05, 0) is 59.9 Å². The Balaban J connectivity index is 2.03. The third-order valence-electron chi connectivity index (χ3n) is 4.93. The second-order valence-electron chi connectivity index (χ2n) is 6.92. The van der Waals surface area contributed by atoms with E-state index in [4.69, 9.17) is 5.73 Å². The molecule has 0 aliphatic carbocycles. The van der Waals surface area contributed by atoms with Crippen LogP contribution in [-0.2, 0) is 5.54 Å². The van der Waals surface area contributed by atoms with Crippen LogP contribution in [0.15, 0.2) is 48.5 Å². The lowest BCUT2D eigenvalue weighted by molar-refractivity contribution is 0.447. The molecule has 0 spiro atoms. The Labute approximate surface area is 159 Å². The molecule has 0 saturated carbocycles. The van der Waals surface area contributed by atoms with E-state index in [2.05, 4.69) is 0 Å². The van der Waals surface area contributed by atoms with Gasteiger partial charge in [0, 0.05) is 5.54 Å². The Morgan fingerprint density at radius 1 is 0.714 bits per heavy atom. The summed E-state index contributed by atoms with van der Waals surface area (Å²) in [7, 11) is 0. The minimum absolute atomic E-state index is 0.253. The van der Waals surface area contributed by atoms with Gasteiger partial charge in [0.15, 0.2) is 17.5 Å². The van der Waals surface area contributed by atoms with Crippen LogP contribution in [0.4, 0.5) is 22.0 Å². The van der Waals surface area contributed by atoms with Crippen molar-refractivity contribution in [3.8, 4) is 22.3 Å². The van der Waals surface area contributed by atoms with Crippen LogP contribution in [-0.4, -0.2) is 0 Å². The molecule has 1 unspecified atom stereocenters. The summed E-state index contributed by atoms with van der Waals surface area (Å²) in [5.74, 6) is -6.76. The van der Waals surface area contributed by atoms with E-state index >= 15 is 0 Å². The average molecular weight is 391 g/mol. The highest BCUT2D eigenvalue weighted by molar-refractivity contribution is 5.72. The summed E-state index contributed by atoms with van der Waals surface area (Å²) in [5.41, 5.74) is 6.31. The van der Waals surface area contributed by atoms with Gasteiger partial charge in [-0.25, -0.2) is 22.0 Å². The zero-order chi connectivity index (χ0) is 20.6. The normalized spacial score (nSPS) is 13.4. The van der Waals surface area contributed by atoms with E-state index in [1.54, 1.807) is 24.3 Å².